The highest BCUT2D eigenvalue weighted by Gasteiger charge is 2.16. The van der Waals surface area contributed by atoms with Crippen LogP contribution in [-0.2, 0) is 0 Å². The van der Waals surface area contributed by atoms with Crippen molar-refractivity contribution in [3.05, 3.63) is 54.0 Å². The van der Waals surface area contributed by atoms with E-state index < -0.39 is 0 Å². The zero-order chi connectivity index (χ0) is 18.8. The molecule has 3 heterocycles. The molecule has 0 fully saturated rings. The summed E-state index contributed by atoms with van der Waals surface area (Å²) in [7, 11) is 0. The molecule has 1 unspecified atom stereocenters. The molecule has 1 atom stereocenters. The van der Waals surface area contributed by atoms with E-state index in [1.165, 1.54) is 0 Å². The number of benzene rings is 1. The van der Waals surface area contributed by atoms with Gasteiger partial charge in [0, 0.05) is 19.2 Å². The van der Waals surface area contributed by atoms with E-state index in [9.17, 15) is 4.79 Å². The fourth-order valence-electron chi connectivity index (χ4n) is 2.71. The number of anilines is 1. The number of hydrogen-bond acceptors (Lipinski definition) is 6. The van der Waals surface area contributed by atoms with Crippen molar-refractivity contribution < 1.29 is 9.21 Å². The molecular formula is C18H17N7O2. The van der Waals surface area contributed by atoms with Crippen LogP contribution in [0.3, 0.4) is 0 Å². The number of aromatic nitrogens is 5. The summed E-state index contributed by atoms with van der Waals surface area (Å²) < 4.78 is 5.40. The van der Waals surface area contributed by atoms with Crippen LogP contribution < -0.4 is 10.6 Å². The zero-order valence-electron chi connectivity index (χ0n) is 14.7. The van der Waals surface area contributed by atoms with Gasteiger partial charge in [-0.3, -0.25) is 10.4 Å². The van der Waals surface area contributed by atoms with Crippen LogP contribution in [0, 0.1) is 6.92 Å². The van der Waals surface area contributed by atoms with Gasteiger partial charge in [0.1, 0.15) is 5.82 Å². The number of urea groups is 1. The summed E-state index contributed by atoms with van der Waals surface area (Å²) in [5.41, 5.74) is 2.23. The highest BCUT2D eigenvalue weighted by atomic mass is 16.4. The van der Waals surface area contributed by atoms with E-state index in [-0.39, 0.29) is 12.1 Å². The second-order valence-corrected chi connectivity index (χ2v) is 6.04. The molecule has 0 radical (unpaired) electrons. The fraction of sp³-hybridized carbons (Fsp3) is 0.167. The van der Waals surface area contributed by atoms with Crippen molar-refractivity contribution in [1.82, 2.24) is 30.7 Å². The van der Waals surface area contributed by atoms with Crippen LogP contribution >= 0.6 is 0 Å². The average molecular weight is 363 g/mol. The number of carbonyl (C=O) groups is 1. The van der Waals surface area contributed by atoms with Crippen molar-refractivity contribution in [3.8, 4) is 11.6 Å². The molecule has 4 rings (SSSR count). The standard InChI is InChI=1S/C18H17N7O2/c1-10(12-6-4-3-5-7-12)20-18(26)21-15-8-14-13(9-19-15)16(24-23-14)17-25-22-11(2)27-17/h3-10H,1-2H3,(H,23,24)(H2,19,20,21,26). The van der Waals surface area contributed by atoms with E-state index in [2.05, 4.69) is 36.0 Å². The molecule has 0 saturated carbocycles. The molecule has 0 spiro atoms. The summed E-state index contributed by atoms with van der Waals surface area (Å²) in [5.74, 6) is 1.17. The number of fused-ring (bicyclic) bond motifs is 1. The Labute approximate surface area is 154 Å². The molecule has 4 aromatic rings. The topological polar surface area (TPSA) is 122 Å². The Morgan fingerprint density at radius 3 is 2.78 bits per heavy atom. The van der Waals surface area contributed by atoms with Crippen LogP contribution in [0.2, 0.25) is 0 Å². The van der Waals surface area contributed by atoms with Crippen LogP contribution in [0.5, 0.6) is 0 Å². The number of aryl methyl sites for hydroxylation is 1. The highest BCUT2D eigenvalue weighted by molar-refractivity contribution is 5.94. The molecule has 0 aliphatic carbocycles. The maximum Gasteiger partial charge on any atom is 0.320 e. The van der Waals surface area contributed by atoms with Crippen LogP contribution in [-0.4, -0.2) is 31.4 Å². The first-order chi connectivity index (χ1) is 13.1. The van der Waals surface area contributed by atoms with E-state index in [1.54, 1.807) is 19.2 Å². The fourth-order valence-corrected chi connectivity index (χ4v) is 2.71. The summed E-state index contributed by atoms with van der Waals surface area (Å²) in [6, 6.07) is 10.9. The van der Waals surface area contributed by atoms with Gasteiger partial charge in [-0.1, -0.05) is 30.3 Å². The number of amides is 2. The predicted octanol–water partition coefficient (Wildman–Crippen LogP) is 3.20. The summed E-state index contributed by atoms with van der Waals surface area (Å²) in [6.07, 6.45) is 1.60. The Bertz CT molecular complexity index is 1090. The van der Waals surface area contributed by atoms with E-state index in [4.69, 9.17) is 4.42 Å². The van der Waals surface area contributed by atoms with Crippen molar-refractivity contribution in [1.29, 1.82) is 0 Å². The number of hydrogen-bond donors (Lipinski definition) is 3. The summed E-state index contributed by atoms with van der Waals surface area (Å²) in [6.45, 7) is 3.62. The van der Waals surface area contributed by atoms with Gasteiger partial charge in [-0.2, -0.15) is 5.10 Å². The van der Waals surface area contributed by atoms with Gasteiger partial charge >= 0.3 is 6.03 Å². The van der Waals surface area contributed by atoms with E-state index in [0.29, 0.717) is 28.8 Å². The summed E-state index contributed by atoms with van der Waals surface area (Å²) in [5, 5.41) is 21.2. The lowest BCUT2D eigenvalue weighted by atomic mass is 10.1. The van der Waals surface area contributed by atoms with Gasteiger partial charge in [-0.15, -0.1) is 10.2 Å². The molecule has 3 N–H and O–H groups in total. The largest absolute Gasteiger partial charge is 0.420 e. The normalized spacial score (nSPS) is 12.1. The first kappa shape index (κ1) is 16.7. The average Bonchev–Trinajstić information content (AvgIpc) is 3.27. The molecule has 27 heavy (non-hydrogen) atoms. The Kier molecular flexibility index (Phi) is 4.25. The van der Waals surface area contributed by atoms with Gasteiger partial charge in [-0.05, 0) is 12.5 Å². The Balaban J connectivity index is 1.49. The molecule has 9 heteroatoms. The van der Waals surface area contributed by atoms with Gasteiger partial charge < -0.3 is 9.73 Å². The van der Waals surface area contributed by atoms with Gasteiger partial charge in [0.05, 0.1) is 16.9 Å². The van der Waals surface area contributed by atoms with Crippen molar-refractivity contribution in [3.63, 3.8) is 0 Å². The SMILES string of the molecule is Cc1nnc(-c2n[nH]c3cc(NC(=O)NC(C)c4ccccc4)ncc23)o1. The number of carbonyl (C=O) groups excluding carboxylic acids is 1. The molecule has 0 aliphatic rings. The molecule has 0 bridgehead atoms. The predicted molar refractivity (Wildman–Crippen MR) is 98.9 cm³/mol. The van der Waals surface area contributed by atoms with E-state index in [1.807, 2.05) is 37.3 Å². The molecule has 3 aromatic heterocycles. The number of nitrogens with one attached hydrogen (secondary N) is 3. The molecule has 0 saturated heterocycles. The first-order valence-electron chi connectivity index (χ1n) is 8.37. The lowest BCUT2D eigenvalue weighted by Gasteiger charge is -2.14. The highest BCUT2D eigenvalue weighted by Crippen LogP contribution is 2.25. The molecule has 2 amide bonds. The van der Waals surface area contributed by atoms with Crippen molar-refractivity contribution >= 4 is 22.8 Å². The van der Waals surface area contributed by atoms with Gasteiger partial charge in [0.2, 0.25) is 5.89 Å². The monoisotopic (exact) mass is 363 g/mol. The zero-order valence-corrected chi connectivity index (χ0v) is 14.7. The van der Waals surface area contributed by atoms with Crippen LogP contribution in [0.15, 0.2) is 47.0 Å². The third-order valence-electron chi connectivity index (χ3n) is 4.06. The lowest BCUT2D eigenvalue weighted by molar-refractivity contribution is 0.249. The molecule has 1 aromatic carbocycles. The number of aromatic amines is 1. The minimum absolute atomic E-state index is 0.130. The van der Waals surface area contributed by atoms with Gasteiger partial charge in [0.25, 0.3) is 5.89 Å². The van der Waals surface area contributed by atoms with Crippen molar-refractivity contribution in [2.45, 2.75) is 19.9 Å². The number of pyridine rings is 1. The third-order valence-corrected chi connectivity index (χ3v) is 4.06. The lowest BCUT2D eigenvalue weighted by Crippen LogP contribution is -2.31. The number of nitrogens with zero attached hydrogens (tertiary/aromatic N) is 4. The van der Waals surface area contributed by atoms with Crippen molar-refractivity contribution in [2.24, 2.45) is 0 Å². The summed E-state index contributed by atoms with van der Waals surface area (Å²) >= 11 is 0. The van der Waals surface area contributed by atoms with Crippen molar-refractivity contribution in [2.75, 3.05) is 5.32 Å². The maximum atomic E-state index is 12.2. The summed E-state index contributed by atoms with van der Waals surface area (Å²) in [4.78, 5) is 16.5. The Morgan fingerprint density at radius 2 is 2.04 bits per heavy atom. The smallest absolute Gasteiger partial charge is 0.320 e. The van der Waals surface area contributed by atoms with Gasteiger partial charge in [0.15, 0.2) is 5.69 Å². The Morgan fingerprint density at radius 1 is 1.22 bits per heavy atom. The molecule has 9 nitrogen and oxygen atoms in total. The quantitative estimate of drug-likeness (QED) is 0.512. The van der Waals surface area contributed by atoms with Crippen LogP contribution in [0.25, 0.3) is 22.5 Å². The van der Waals surface area contributed by atoms with Gasteiger partial charge in [-0.25, -0.2) is 9.78 Å². The minimum atomic E-state index is -0.342. The van der Waals surface area contributed by atoms with E-state index >= 15 is 0 Å². The Hall–Kier alpha value is -3.75. The second-order valence-electron chi connectivity index (χ2n) is 6.04. The van der Waals surface area contributed by atoms with Crippen LogP contribution in [0.4, 0.5) is 10.6 Å². The number of rotatable bonds is 4. The van der Waals surface area contributed by atoms with E-state index in [0.717, 1.165) is 10.9 Å². The molecule has 0 aliphatic heterocycles. The number of H-pyrrole nitrogens is 1. The molecule has 136 valence electrons. The first-order valence-corrected chi connectivity index (χ1v) is 8.37. The second kappa shape index (κ2) is 6.87. The third kappa shape index (κ3) is 3.47. The maximum absolute atomic E-state index is 12.2. The minimum Gasteiger partial charge on any atom is -0.420 e. The van der Waals surface area contributed by atoms with Crippen LogP contribution in [0.1, 0.15) is 24.4 Å². The molecular weight excluding hydrogens is 346 g/mol.